The Balaban J connectivity index is 2.12. The third-order valence-corrected chi connectivity index (χ3v) is 4.98. The number of hydrogen-bond donors (Lipinski definition) is 1. The number of anilines is 2. The van der Waals surface area contributed by atoms with Crippen LogP contribution in [0, 0.1) is 0 Å². The summed E-state index contributed by atoms with van der Waals surface area (Å²) in [5.74, 6) is 0. The summed E-state index contributed by atoms with van der Waals surface area (Å²) in [7, 11) is 1.55. The highest BCUT2D eigenvalue weighted by Crippen LogP contribution is 2.32. The van der Waals surface area contributed by atoms with E-state index in [9.17, 15) is 14.7 Å². The number of carbonyl (C=O) groups excluding carboxylic acids is 2. The minimum atomic E-state index is -2.23. The Labute approximate surface area is 178 Å². The summed E-state index contributed by atoms with van der Waals surface area (Å²) in [6.45, 7) is 0. The van der Waals surface area contributed by atoms with Crippen LogP contribution >= 0.6 is 23.2 Å². The van der Waals surface area contributed by atoms with E-state index in [0.29, 0.717) is 27.7 Å². The number of rotatable bonds is 5. The molecular formula is C22H18Cl2N2O3. The number of nitrogens with zero attached hydrogens (tertiary/aromatic N) is 2. The van der Waals surface area contributed by atoms with E-state index in [1.165, 1.54) is 4.90 Å². The molecule has 0 bridgehead atoms. The zero-order chi connectivity index (χ0) is 21.0. The molecule has 0 saturated heterocycles. The maximum absolute atomic E-state index is 13.5. The highest BCUT2D eigenvalue weighted by Gasteiger charge is 2.42. The largest absolute Gasteiger partial charge is 0.361 e. The fourth-order valence-electron chi connectivity index (χ4n) is 2.90. The Hall–Kier alpha value is -2.86. The summed E-state index contributed by atoms with van der Waals surface area (Å²) in [4.78, 5) is 27.9. The predicted octanol–water partition coefficient (Wildman–Crippen LogP) is 5.10. The first kappa shape index (κ1) is 20.9. The molecule has 5 nitrogen and oxygen atoms in total. The van der Waals surface area contributed by atoms with Gasteiger partial charge in [0.1, 0.15) is 0 Å². The number of urea groups is 1. The van der Waals surface area contributed by atoms with Crippen LogP contribution in [0.4, 0.5) is 16.2 Å². The zero-order valence-corrected chi connectivity index (χ0v) is 17.0. The van der Waals surface area contributed by atoms with Gasteiger partial charge in [-0.1, -0.05) is 53.5 Å². The molecule has 3 aromatic carbocycles. The first-order valence-electron chi connectivity index (χ1n) is 8.70. The molecule has 0 spiro atoms. The smallest absolute Gasteiger partial charge is 0.331 e. The number of amides is 2. The standard InChI is InChI=1S/C22H18Cl2N2O3/c1-25(19-11-7-17(23)8-12-19)21(28)26(20-13-9-18(24)10-14-20)22(29,15-27)16-5-3-2-4-6-16/h2-15,29H,1H3. The topological polar surface area (TPSA) is 60.9 Å². The van der Waals surface area contributed by atoms with Crippen LogP contribution in [0.2, 0.25) is 10.0 Å². The SMILES string of the molecule is CN(C(=O)N(c1ccc(Cl)cc1)C(O)(C=O)c1ccccc1)c1ccc(Cl)cc1. The molecule has 2 amide bonds. The van der Waals surface area contributed by atoms with Crippen molar-refractivity contribution in [3.8, 4) is 0 Å². The lowest BCUT2D eigenvalue weighted by atomic mass is 10.0. The van der Waals surface area contributed by atoms with Crippen LogP contribution in [0.3, 0.4) is 0 Å². The van der Waals surface area contributed by atoms with Crippen molar-refractivity contribution in [2.75, 3.05) is 16.8 Å². The number of aldehydes is 1. The summed E-state index contributed by atoms with van der Waals surface area (Å²) in [6, 6.07) is 20.6. The molecule has 0 aliphatic carbocycles. The Kier molecular flexibility index (Phi) is 6.23. The van der Waals surface area contributed by atoms with Crippen molar-refractivity contribution >= 4 is 46.9 Å². The lowest BCUT2D eigenvalue weighted by Crippen LogP contribution is -2.55. The molecule has 0 aromatic heterocycles. The van der Waals surface area contributed by atoms with Gasteiger partial charge in [-0.3, -0.25) is 14.6 Å². The summed E-state index contributed by atoms with van der Waals surface area (Å²) >= 11 is 11.9. The fraction of sp³-hybridized carbons (Fsp3) is 0.0909. The van der Waals surface area contributed by atoms with Gasteiger partial charge in [-0.05, 0) is 48.5 Å². The summed E-state index contributed by atoms with van der Waals surface area (Å²) in [5.41, 5.74) is -1.13. The highest BCUT2D eigenvalue weighted by atomic mass is 35.5. The van der Waals surface area contributed by atoms with Crippen molar-refractivity contribution in [1.29, 1.82) is 0 Å². The van der Waals surface area contributed by atoms with E-state index >= 15 is 0 Å². The molecule has 0 radical (unpaired) electrons. The average molecular weight is 429 g/mol. The second-order valence-electron chi connectivity index (χ2n) is 6.34. The van der Waals surface area contributed by atoms with Crippen molar-refractivity contribution in [3.05, 3.63) is 94.5 Å². The van der Waals surface area contributed by atoms with E-state index in [-0.39, 0.29) is 5.56 Å². The average Bonchev–Trinajstić information content (AvgIpc) is 2.75. The molecule has 1 atom stereocenters. The van der Waals surface area contributed by atoms with Gasteiger partial charge in [0.2, 0.25) is 5.72 Å². The maximum Gasteiger partial charge on any atom is 0.331 e. The van der Waals surface area contributed by atoms with Crippen LogP contribution in [0.15, 0.2) is 78.9 Å². The van der Waals surface area contributed by atoms with Gasteiger partial charge in [0.15, 0.2) is 6.29 Å². The molecular weight excluding hydrogens is 411 g/mol. The molecule has 3 rings (SSSR count). The van der Waals surface area contributed by atoms with Gasteiger partial charge in [0.25, 0.3) is 0 Å². The fourth-order valence-corrected chi connectivity index (χ4v) is 3.15. The second-order valence-corrected chi connectivity index (χ2v) is 7.21. The van der Waals surface area contributed by atoms with E-state index < -0.39 is 11.8 Å². The third kappa shape index (κ3) is 4.27. The number of halogens is 2. The third-order valence-electron chi connectivity index (χ3n) is 4.48. The molecule has 0 saturated carbocycles. The van der Waals surface area contributed by atoms with E-state index in [0.717, 1.165) is 4.90 Å². The highest BCUT2D eigenvalue weighted by molar-refractivity contribution is 6.31. The van der Waals surface area contributed by atoms with Crippen molar-refractivity contribution in [1.82, 2.24) is 0 Å². The summed E-state index contributed by atoms with van der Waals surface area (Å²) in [5, 5.41) is 12.3. The van der Waals surface area contributed by atoms with Gasteiger partial charge in [-0.15, -0.1) is 0 Å². The quantitative estimate of drug-likeness (QED) is 0.454. The minimum Gasteiger partial charge on any atom is -0.361 e. The van der Waals surface area contributed by atoms with Gasteiger partial charge in [0, 0.05) is 34.0 Å². The monoisotopic (exact) mass is 428 g/mol. The van der Waals surface area contributed by atoms with Gasteiger partial charge in [-0.25, -0.2) is 4.79 Å². The summed E-state index contributed by atoms with van der Waals surface area (Å²) < 4.78 is 0. The molecule has 0 aliphatic rings. The first-order chi connectivity index (χ1) is 13.9. The van der Waals surface area contributed by atoms with Gasteiger partial charge < -0.3 is 5.11 Å². The van der Waals surface area contributed by atoms with Gasteiger partial charge in [0.05, 0.1) is 0 Å². The molecule has 1 unspecified atom stereocenters. The van der Waals surface area contributed by atoms with E-state index in [4.69, 9.17) is 23.2 Å². The zero-order valence-electron chi connectivity index (χ0n) is 15.5. The van der Waals surface area contributed by atoms with Crippen molar-refractivity contribution in [3.63, 3.8) is 0 Å². The molecule has 0 aliphatic heterocycles. The Morgan fingerprint density at radius 1 is 0.862 bits per heavy atom. The number of carbonyl (C=O) groups is 2. The number of hydrogen-bond acceptors (Lipinski definition) is 3. The molecule has 7 heteroatoms. The first-order valence-corrected chi connectivity index (χ1v) is 9.45. The molecule has 0 heterocycles. The van der Waals surface area contributed by atoms with E-state index in [1.807, 2.05) is 0 Å². The Morgan fingerprint density at radius 3 is 1.83 bits per heavy atom. The lowest BCUT2D eigenvalue weighted by Gasteiger charge is -2.38. The van der Waals surface area contributed by atoms with Crippen molar-refractivity contribution in [2.24, 2.45) is 0 Å². The molecule has 29 heavy (non-hydrogen) atoms. The van der Waals surface area contributed by atoms with Crippen LogP contribution in [0.1, 0.15) is 5.56 Å². The lowest BCUT2D eigenvalue weighted by molar-refractivity contribution is -0.124. The number of aliphatic hydroxyl groups is 1. The normalized spacial score (nSPS) is 12.7. The predicted molar refractivity (Wildman–Crippen MR) is 116 cm³/mol. The maximum atomic E-state index is 13.5. The molecule has 0 fully saturated rings. The molecule has 1 N–H and O–H groups in total. The van der Waals surface area contributed by atoms with E-state index in [1.54, 1.807) is 85.9 Å². The Morgan fingerprint density at radius 2 is 1.34 bits per heavy atom. The minimum absolute atomic E-state index is 0.253. The van der Waals surface area contributed by atoms with Gasteiger partial charge >= 0.3 is 6.03 Å². The number of benzene rings is 3. The van der Waals surface area contributed by atoms with Crippen molar-refractivity contribution in [2.45, 2.75) is 5.72 Å². The molecule has 3 aromatic rings. The summed E-state index contributed by atoms with van der Waals surface area (Å²) in [6.07, 6.45) is 0.338. The Bertz CT molecular complexity index is 995. The van der Waals surface area contributed by atoms with Crippen LogP contribution in [0.25, 0.3) is 0 Å². The van der Waals surface area contributed by atoms with Gasteiger partial charge in [-0.2, -0.15) is 0 Å². The second kappa shape index (κ2) is 8.66. The van der Waals surface area contributed by atoms with E-state index in [2.05, 4.69) is 0 Å². The molecule has 148 valence electrons. The van der Waals surface area contributed by atoms with Crippen LogP contribution < -0.4 is 9.80 Å². The van der Waals surface area contributed by atoms with Crippen LogP contribution in [-0.4, -0.2) is 24.5 Å². The van der Waals surface area contributed by atoms with Crippen molar-refractivity contribution < 1.29 is 14.7 Å². The van der Waals surface area contributed by atoms with Crippen LogP contribution in [-0.2, 0) is 10.5 Å². The van der Waals surface area contributed by atoms with Crippen LogP contribution in [0.5, 0.6) is 0 Å².